The molecule has 0 amide bonds. The zero-order chi connectivity index (χ0) is 33.8. The van der Waals surface area contributed by atoms with Gasteiger partial charge < -0.3 is 39.3 Å². The molecule has 0 bridgehead atoms. The quantitative estimate of drug-likeness (QED) is 0.129. The Hall–Kier alpha value is -5.88. The van der Waals surface area contributed by atoms with E-state index in [1.807, 2.05) is 0 Å². The summed E-state index contributed by atoms with van der Waals surface area (Å²) in [5, 5.41) is 9.76. The average Bonchev–Trinajstić information content (AvgIpc) is 3.09. The van der Waals surface area contributed by atoms with Crippen LogP contribution in [-0.4, -0.2) is 57.2 Å². The Morgan fingerprint density at radius 2 is 1.33 bits per heavy atom. The minimum atomic E-state index is -1.04. The predicted octanol–water partition coefficient (Wildman–Crippen LogP) is 5.76. The number of methoxy groups -OCH3 is 5. The maximum atomic E-state index is 14.4. The number of hydrogen-bond acceptors (Lipinski definition) is 10. The lowest BCUT2D eigenvalue weighted by Crippen LogP contribution is -2.27. The number of ether oxygens (including phenoxy) is 6. The first-order valence-corrected chi connectivity index (χ1v) is 14.2. The summed E-state index contributed by atoms with van der Waals surface area (Å²) in [6, 6.07) is 19.2. The van der Waals surface area contributed by atoms with Gasteiger partial charge in [-0.15, -0.1) is 12.4 Å². The smallest absolute Gasteiger partial charge is 0.355 e. The van der Waals surface area contributed by atoms with Gasteiger partial charge in [-0.05, 0) is 71.8 Å². The van der Waals surface area contributed by atoms with E-state index in [1.54, 1.807) is 60.7 Å². The number of anilines is 1. The lowest BCUT2D eigenvalue weighted by Gasteiger charge is -2.21. The Kier molecular flexibility index (Phi) is 10.7. The van der Waals surface area contributed by atoms with Crippen LogP contribution in [0.1, 0.15) is 26.4 Å². The molecule has 0 unspecified atom stereocenters. The summed E-state index contributed by atoms with van der Waals surface area (Å²) in [5.74, 6) is -0.347. The third-order valence-corrected chi connectivity index (χ3v) is 7.55. The van der Waals surface area contributed by atoms with E-state index in [2.05, 4.69) is 0 Å². The zero-order valence-electron chi connectivity index (χ0n) is 26.7. The summed E-state index contributed by atoms with van der Waals surface area (Å²) in [5.41, 5.74) is 7.75. The molecule has 13 heteroatoms. The van der Waals surface area contributed by atoms with Crippen molar-refractivity contribution >= 4 is 40.8 Å². The van der Waals surface area contributed by atoms with Gasteiger partial charge in [0.15, 0.2) is 23.0 Å². The second kappa shape index (κ2) is 14.7. The van der Waals surface area contributed by atoms with Crippen molar-refractivity contribution in [3.8, 4) is 45.6 Å². The fourth-order valence-electron chi connectivity index (χ4n) is 5.26. The molecule has 4 aromatic carbocycles. The summed E-state index contributed by atoms with van der Waals surface area (Å²) in [4.78, 5) is 39.3. The number of nitrogens with zero attached hydrogens (tertiary/aromatic N) is 1. The second-order valence-electron chi connectivity index (χ2n) is 10.2. The summed E-state index contributed by atoms with van der Waals surface area (Å²) in [6.45, 7) is 0.0495. The Bertz CT molecular complexity index is 2020. The van der Waals surface area contributed by atoms with Gasteiger partial charge in [0.25, 0.3) is 5.56 Å². The third-order valence-electron chi connectivity index (χ3n) is 7.55. The fourth-order valence-corrected chi connectivity index (χ4v) is 5.26. The molecule has 0 aliphatic rings. The van der Waals surface area contributed by atoms with Crippen molar-refractivity contribution in [3.05, 3.63) is 100.0 Å². The Labute approximate surface area is 281 Å². The van der Waals surface area contributed by atoms with Crippen molar-refractivity contribution in [2.24, 2.45) is 0 Å². The summed E-state index contributed by atoms with van der Waals surface area (Å²) >= 11 is 0. The minimum Gasteiger partial charge on any atom is -0.493 e. The Morgan fingerprint density at radius 1 is 0.750 bits per heavy atom. The number of fused-ring (bicyclic) bond motifs is 1. The molecule has 0 aliphatic carbocycles. The number of aromatic carboxylic acids is 1. The van der Waals surface area contributed by atoms with Crippen LogP contribution in [0.3, 0.4) is 0 Å². The highest BCUT2D eigenvalue weighted by molar-refractivity contribution is 6.08. The lowest BCUT2D eigenvalue weighted by atomic mass is 9.95. The predicted molar refractivity (Wildman–Crippen MR) is 182 cm³/mol. The number of carboxylic acids is 1. The summed E-state index contributed by atoms with van der Waals surface area (Å²) in [7, 11) is 7.09. The van der Waals surface area contributed by atoms with Crippen LogP contribution < -0.4 is 35.0 Å². The molecule has 5 rings (SSSR count). The fraction of sp³-hybridized carbons (Fsp3) is 0.171. The van der Waals surface area contributed by atoms with Crippen molar-refractivity contribution in [2.45, 2.75) is 6.61 Å². The normalized spacial score (nSPS) is 10.5. The topological polar surface area (TPSA) is 158 Å². The largest absolute Gasteiger partial charge is 0.493 e. The van der Waals surface area contributed by atoms with Gasteiger partial charge in [-0.2, -0.15) is 0 Å². The van der Waals surface area contributed by atoms with E-state index in [0.717, 1.165) is 0 Å². The maximum Gasteiger partial charge on any atom is 0.355 e. The molecule has 0 aliphatic heterocycles. The molecule has 48 heavy (non-hydrogen) atoms. The number of esters is 1. The molecule has 250 valence electrons. The van der Waals surface area contributed by atoms with Crippen LogP contribution >= 0.6 is 12.4 Å². The number of hydrogen-bond donors (Lipinski definition) is 2. The molecule has 12 nitrogen and oxygen atoms in total. The van der Waals surface area contributed by atoms with Crippen molar-refractivity contribution in [3.63, 3.8) is 0 Å². The van der Waals surface area contributed by atoms with Gasteiger partial charge in [0, 0.05) is 22.3 Å². The van der Waals surface area contributed by atoms with E-state index in [0.29, 0.717) is 50.7 Å². The van der Waals surface area contributed by atoms with Gasteiger partial charge in [0.1, 0.15) is 12.3 Å². The minimum absolute atomic E-state index is 0. The Morgan fingerprint density at radius 3 is 1.85 bits per heavy atom. The van der Waals surface area contributed by atoms with Crippen molar-refractivity contribution in [1.82, 2.24) is 4.57 Å². The number of carbonyl (C=O) groups excluding carboxylic acids is 1. The van der Waals surface area contributed by atoms with Gasteiger partial charge in [-0.3, -0.25) is 9.36 Å². The summed E-state index contributed by atoms with van der Waals surface area (Å²) in [6.07, 6.45) is 0. The molecule has 0 atom stereocenters. The van der Waals surface area contributed by atoms with Crippen molar-refractivity contribution in [1.29, 1.82) is 0 Å². The standard InChI is InChI=1S/C35H32N2O10.ClH/c1-42-26-16-24-25(17-27(26)47-18-19-6-8-20(9-7-19)34(39)40)33(38)37(23-12-10-22(36)11-13-23)31(35(41)46-5)30(24)21-14-28(43-2)32(45-4)29(15-21)44-3;/h6-17H,18,36H2,1-5H3,(H,39,40);1H. The molecule has 0 fully saturated rings. The number of halogens is 1. The van der Waals surface area contributed by atoms with Crippen LogP contribution in [0, 0.1) is 0 Å². The van der Waals surface area contributed by atoms with E-state index in [-0.39, 0.29) is 47.2 Å². The third kappa shape index (κ3) is 6.51. The highest BCUT2D eigenvalue weighted by atomic mass is 35.5. The van der Waals surface area contributed by atoms with E-state index in [1.165, 1.54) is 52.2 Å². The van der Waals surface area contributed by atoms with Crippen molar-refractivity contribution < 1.29 is 43.1 Å². The first kappa shape index (κ1) is 35.0. The molecule has 1 heterocycles. The van der Waals surface area contributed by atoms with Crippen LogP contribution in [0.4, 0.5) is 5.69 Å². The number of pyridine rings is 1. The lowest BCUT2D eigenvalue weighted by molar-refractivity contribution is 0.0590. The highest BCUT2D eigenvalue weighted by Gasteiger charge is 2.28. The molecule has 0 radical (unpaired) electrons. The first-order chi connectivity index (χ1) is 22.6. The maximum absolute atomic E-state index is 14.4. The number of nitrogen functional groups attached to an aromatic ring is 1. The van der Waals surface area contributed by atoms with E-state index in [9.17, 15) is 19.5 Å². The number of benzene rings is 4. The van der Waals surface area contributed by atoms with Crippen LogP contribution in [0.15, 0.2) is 77.6 Å². The molecule has 5 aromatic rings. The first-order valence-electron chi connectivity index (χ1n) is 14.2. The number of carbonyl (C=O) groups is 2. The summed E-state index contributed by atoms with van der Waals surface area (Å²) < 4.78 is 35.0. The van der Waals surface area contributed by atoms with Crippen LogP contribution in [-0.2, 0) is 11.3 Å². The Balaban J connectivity index is 0.00000520. The average molecular weight is 677 g/mol. The van der Waals surface area contributed by atoms with Crippen LogP contribution in [0.25, 0.3) is 27.6 Å². The zero-order valence-corrected chi connectivity index (χ0v) is 27.5. The molecule has 0 saturated heterocycles. The van der Waals surface area contributed by atoms with Gasteiger partial charge in [0.2, 0.25) is 5.75 Å². The van der Waals surface area contributed by atoms with E-state index in [4.69, 9.17) is 34.2 Å². The van der Waals surface area contributed by atoms with E-state index >= 15 is 0 Å². The highest BCUT2D eigenvalue weighted by Crippen LogP contribution is 2.45. The molecule has 0 spiro atoms. The van der Waals surface area contributed by atoms with Crippen LogP contribution in [0.5, 0.6) is 28.7 Å². The van der Waals surface area contributed by atoms with Crippen molar-refractivity contribution in [2.75, 3.05) is 41.3 Å². The molecular formula is C35H33ClN2O10. The van der Waals surface area contributed by atoms with Gasteiger partial charge in [-0.25, -0.2) is 9.59 Å². The van der Waals surface area contributed by atoms with E-state index < -0.39 is 17.5 Å². The monoisotopic (exact) mass is 676 g/mol. The molecule has 0 saturated carbocycles. The number of nitrogens with two attached hydrogens (primary N) is 1. The SMILES string of the molecule is COC(=O)c1c(-c2cc(OC)c(OC)c(OC)c2)c2cc(OC)c(OCc3ccc(C(=O)O)cc3)cc2c(=O)n1-c1ccc(N)cc1.Cl. The number of carboxylic acid groups (broad SMARTS) is 1. The number of rotatable bonds is 11. The molecule has 3 N–H and O–H groups in total. The molecular weight excluding hydrogens is 644 g/mol. The van der Waals surface area contributed by atoms with Crippen LogP contribution in [0.2, 0.25) is 0 Å². The molecule has 1 aromatic heterocycles. The van der Waals surface area contributed by atoms with Gasteiger partial charge >= 0.3 is 11.9 Å². The van der Waals surface area contributed by atoms with Gasteiger partial charge in [-0.1, -0.05) is 12.1 Å². The van der Waals surface area contributed by atoms with Gasteiger partial charge in [0.05, 0.1) is 46.5 Å². The second-order valence-corrected chi connectivity index (χ2v) is 10.2. The number of aromatic nitrogens is 1.